The lowest BCUT2D eigenvalue weighted by Crippen LogP contribution is -1.97. The largest absolute Gasteiger partial charge is 0.478 e. The topological polar surface area (TPSA) is 49.3 Å². The number of aromatic carboxylic acids is 1. The molecule has 0 aromatic heterocycles. The number of carboxylic acids is 1. The van der Waals surface area contributed by atoms with Crippen molar-refractivity contribution in [3.8, 4) is 0 Å². The minimum atomic E-state index is -1.00. The van der Waals surface area contributed by atoms with Crippen molar-refractivity contribution in [3.05, 3.63) is 58.9 Å². The van der Waals surface area contributed by atoms with Gasteiger partial charge in [0.15, 0.2) is 0 Å². The lowest BCUT2D eigenvalue weighted by molar-refractivity contribution is 0.0697. The fraction of sp³-hybridized carbons (Fsp3) is 0. The standard InChI is InChI=1S/C13H9ClFNO2/c14-11-7-10(4-5-12(11)15)16-9-3-1-2-8(6-9)13(17)18/h1-7,16H,(H,17,18). The normalized spacial score (nSPS) is 10.1. The molecule has 0 atom stereocenters. The molecule has 0 saturated heterocycles. The van der Waals surface area contributed by atoms with Crippen LogP contribution in [0.3, 0.4) is 0 Å². The van der Waals surface area contributed by atoms with Crippen LogP contribution in [-0.2, 0) is 0 Å². The summed E-state index contributed by atoms with van der Waals surface area (Å²) in [6, 6.07) is 10.5. The third-order valence-corrected chi connectivity index (χ3v) is 2.61. The van der Waals surface area contributed by atoms with Crippen LogP contribution in [0.2, 0.25) is 5.02 Å². The van der Waals surface area contributed by atoms with Gasteiger partial charge in [-0.15, -0.1) is 0 Å². The van der Waals surface area contributed by atoms with E-state index in [2.05, 4.69) is 5.32 Å². The van der Waals surface area contributed by atoms with E-state index in [1.54, 1.807) is 12.1 Å². The van der Waals surface area contributed by atoms with Crippen molar-refractivity contribution in [2.75, 3.05) is 5.32 Å². The van der Waals surface area contributed by atoms with Crippen LogP contribution in [0, 0.1) is 5.82 Å². The van der Waals surface area contributed by atoms with Crippen LogP contribution < -0.4 is 5.32 Å². The lowest BCUT2D eigenvalue weighted by Gasteiger charge is -2.07. The van der Waals surface area contributed by atoms with Gasteiger partial charge < -0.3 is 10.4 Å². The van der Waals surface area contributed by atoms with Gasteiger partial charge in [-0.25, -0.2) is 9.18 Å². The van der Waals surface area contributed by atoms with Crippen LogP contribution in [0.15, 0.2) is 42.5 Å². The number of hydrogen-bond donors (Lipinski definition) is 2. The summed E-state index contributed by atoms with van der Waals surface area (Å²) in [5.41, 5.74) is 1.36. The first-order chi connectivity index (χ1) is 8.56. The van der Waals surface area contributed by atoms with E-state index in [1.807, 2.05) is 0 Å². The molecule has 0 unspecified atom stereocenters. The van der Waals surface area contributed by atoms with Crippen LogP contribution in [0.25, 0.3) is 0 Å². The quantitative estimate of drug-likeness (QED) is 0.884. The number of carbonyl (C=O) groups is 1. The van der Waals surface area contributed by atoms with Gasteiger partial charge in [-0.2, -0.15) is 0 Å². The maximum absolute atomic E-state index is 13.0. The molecule has 0 bridgehead atoms. The highest BCUT2D eigenvalue weighted by molar-refractivity contribution is 6.31. The van der Waals surface area contributed by atoms with Gasteiger partial charge in [0, 0.05) is 11.4 Å². The van der Waals surface area contributed by atoms with Gasteiger partial charge in [0.1, 0.15) is 5.82 Å². The highest BCUT2D eigenvalue weighted by Gasteiger charge is 2.04. The van der Waals surface area contributed by atoms with E-state index in [0.29, 0.717) is 11.4 Å². The molecular formula is C13H9ClFNO2. The van der Waals surface area contributed by atoms with Gasteiger partial charge in [-0.3, -0.25) is 0 Å². The van der Waals surface area contributed by atoms with E-state index in [4.69, 9.17) is 16.7 Å². The van der Waals surface area contributed by atoms with E-state index in [0.717, 1.165) is 0 Å². The monoisotopic (exact) mass is 265 g/mol. The van der Waals surface area contributed by atoms with E-state index >= 15 is 0 Å². The molecule has 0 saturated carbocycles. The molecule has 0 aliphatic heterocycles. The number of rotatable bonds is 3. The lowest BCUT2D eigenvalue weighted by atomic mass is 10.2. The van der Waals surface area contributed by atoms with Gasteiger partial charge in [0.05, 0.1) is 10.6 Å². The smallest absolute Gasteiger partial charge is 0.335 e. The molecule has 5 heteroatoms. The SMILES string of the molecule is O=C(O)c1cccc(Nc2ccc(F)c(Cl)c2)c1. The van der Waals surface area contributed by atoms with Crippen LogP contribution >= 0.6 is 11.6 Å². The number of halogens is 2. The number of anilines is 2. The highest BCUT2D eigenvalue weighted by Crippen LogP contribution is 2.23. The van der Waals surface area contributed by atoms with Crippen LogP contribution in [0.4, 0.5) is 15.8 Å². The minimum Gasteiger partial charge on any atom is -0.478 e. The van der Waals surface area contributed by atoms with Crippen molar-refractivity contribution in [1.29, 1.82) is 0 Å². The number of benzene rings is 2. The maximum atomic E-state index is 13.0. The molecule has 0 fully saturated rings. The van der Waals surface area contributed by atoms with Gasteiger partial charge >= 0.3 is 5.97 Å². The summed E-state index contributed by atoms with van der Waals surface area (Å²) >= 11 is 5.65. The number of nitrogens with one attached hydrogen (secondary N) is 1. The second kappa shape index (κ2) is 5.06. The predicted octanol–water partition coefficient (Wildman–Crippen LogP) is 3.92. The molecule has 3 nitrogen and oxygen atoms in total. The molecule has 0 aliphatic carbocycles. The van der Waals surface area contributed by atoms with Gasteiger partial charge in [-0.1, -0.05) is 17.7 Å². The summed E-state index contributed by atoms with van der Waals surface area (Å²) in [4.78, 5) is 10.8. The molecule has 0 spiro atoms. The molecule has 2 rings (SSSR count). The number of hydrogen-bond acceptors (Lipinski definition) is 2. The van der Waals surface area contributed by atoms with E-state index in [1.165, 1.54) is 30.3 Å². The zero-order chi connectivity index (χ0) is 13.1. The van der Waals surface area contributed by atoms with Crippen LogP contribution in [-0.4, -0.2) is 11.1 Å². The third kappa shape index (κ3) is 2.78. The van der Waals surface area contributed by atoms with Crippen molar-refractivity contribution in [2.45, 2.75) is 0 Å². The first kappa shape index (κ1) is 12.4. The van der Waals surface area contributed by atoms with Crippen molar-refractivity contribution in [3.63, 3.8) is 0 Å². The third-order valence-electron chi connectivity index (χ3n) is 2.32. The summed E-state index contributed by atoms with van der Waals surface area (Å²) in [7, 11) is 0. The molecule has 2 aromatic carbocycles. The minimum absolute atomic E-state index is 0.00869. The molecule has 2 N–H and O–H groups in total. The molecular weight excluding hydrogens is 257 g/mol. The average Bonchev–Trinajstić information content (AvgIpc) is 2.34. The second-order valence-corrected chi connectivity index (χ2v) is 4.05. The fourth-order valence-corrected chi connectivity index (χ4v) is 1.65. The highest BCUT2D eigenvalue weighted by atomic mass is 35.5. The zero-order valence-electron chi connectivity index (χ0n) is 9.15. The average molecular weight is 266 g/mol. The van der Waals surface area contributed by atoms with E-state index in [9.17, 15) is 9.18 Å². The summed E-state index contributed by atoms with van der Waals surface area (Å²) in [6.45, 7) is 0. The molecule has 0 radical (unpaired) electrons. The molecule has 2 aromatic rings. The second-order valence-electron chi connectivity index (χ2n) is 3.64. The van der Waals surface area contributed by atoms with Gasteiger partial charge in [0.2, 0.25) is 0 Å². The first-order valence-corrected chi connectivity index (χ1v) is 5.49. The van der Waals surface area contributed by atoms with Crippen molar-refractivity contribution < 1.29 is 14.3 Å². The summed E-state index contributed by atoms with van der Waals surface area (Å²) in [5.74, 6) is -1.50. The summed E-state index contributed by atoms with van der Waals surface area (Å²) in [5, 5.41) is 11.8. The molecule has 18 heavy (non-hydrogen) atoms. The Labute approximate surface area is 108 Å². The van der Waals surface area contributed by atoms with E-state index < -0.39 is 11.8 Å². The van der Waals surface area contributed by atoms with Crippen LogP contribution in [0.1, 0.15) is 10.4 Å². The van der Waals surface area contributed by atoms with Crippen molar-refractivity contribution in [2.24, 2.45) is 0 Å². The number of carboxylic acid groups (broad SMARTS) is 1. The Bertz CT molecular complexity index is 601. The first-order valence-electron chi connectivity index (χ1n) is 5.12. The van der Waals surface area contributed by atoms with Crippen molar-refractivity contribution >= 4 is 28.9 Å². The van der Waals surface area contributed by atoms with Crippen molar-refractivity contribution in [1.82, 2.24) is 0 Å². The molecule has 0 aliphatic rings. The Kier molecular flexibility index (Phi) is 3.48. The van der Waals surface area contributed by atoms with Gasteiger partial charge in [0.25, 0.3) is 0 Å². The molecule has 0 heterocycles. The van der Waals surface area contributed by atoms with Gasteiger partial charge in [-0.05, 0) is 36.4 Å². The summed E-state index contributed by atoms with van der Waals surface area (Å²) < 4.78 is 13.0. The summed E-state index contributed by atoms with van der Waals surface area (Å²) in [6.07, 6.45) is 0. The zero-order valence-corrected chi connectivity index (χ0v) is 9.91. The maximum Gasteiger partial charge on any atom is 0.335 e. The Balaban J connectivity index is 2.25. The Morgan fingerprint density at radius 2 is 1.89 bits per heavy atom. The molecule has 0 amide bonds. The van der Waals surface area contributed by atoms with Crippen LogP contribution in [0.5, 0.6) is 0 Å². The Morgan fingerprint density at radius 3 is 2.56 bits per heavy atom. The van der Waals surface area contributed by atoms with E-state index in [-0.39, 0.29) is 10.6 Å². The Hall–Kier alpha value is -2.07. The predicted molar refractivity (Wildman–Crippen MR) is 68.1 cm³/mol. The molecule has 92 valence electrons. The Morgan fingerprint density at radius 1 is 1.17 bits per heavy atom. The fourth-order valence-electron chi connectivity index (χ4n) is 1.47.